The minimum absolute atomic E-state index is 0.246. The van der Waals surface area contributed by atoms with Gasteiger partial charge >= 0.3 is 0 Å². The molecule has 0 spiro atoms. The lowest BCUT2D eigenvalue weighted by molar-refractivity contribution is 0.624. The number of rotatable bonds is 1. The van der Waals surface area contributed by atoms with Gasteiger partial charge in [0.1, 0.15) is 5.82 Å². The second kappa shape index (κ2) is 3.31. The molecule has 0 radical (unpaired) electrons. The van der Waals surface area contributed by atoms with Gasteiger partial charge < -0.3 is 4.98 Å². The van der Waals surface area contributed by atoms with E-state index >= 15 is 0 Å². The van der Waals surface area contributed by atoms with Crippen molar-refractivity contribution in [1.82, 2.24) is 9.97 Å². The summed E-state index contributed by atoms with van der Waals surface area (Å²) in [7, 11) is 0. The van der Waals surface area contributed by atoms with Gasteiger partial charge in [0.25, 0.3) is 5.56 Å². The van der Waals surface area contributed by atoms with Gasteiger partial charge in [-0.1, -0.05) is 6.58 Å². The number of hydrogen-bond donors (Lipinski definition) is 1. The van der Waals surface area contributed by atoms with E-state index < -0.39 is 5.82 Å². The van der Waals surface area contributed by atoms with Crippen LogP contribution in [0.1, 0.15) is 12.5 Å². The van der Waals surface area contributed by atoms with Crippen molar-refractivity contribution in [2.24, 2.45) is 0 Å². The first kappa shape index (κ1) is 9.58. The summed E-state index contributed by atoms with van der Waals surface area (Å²) in [4.78, 5) is 17.8. The first-order chi connectivity index (χ1) is 7.09. The minimum atomic E-state index is -0.521. The molecule has 0 bridgehead atoms. The molecule has 0 atom stereocenters. The lowest BCUT2D eigenvalue weighted by Crippen LogP contribution is -2.08. The maximum Gasteiger partial charge on any atom is 0.257 e. The highest BCUT2D eigenvalue weighted by Gasteiger charge is 2.07. The summed E-state index contributed by atoms with van der Waals surface area (Å²) in [6, 6.07) is 1.17. The molecule has 2 aromatic heterocycles. The quantitative estimate of drug-likeness (QED) is 0.773. The second-order valence-electron chi connectivity index (χ2n) is 3.36. The zero-order valence-corrected chi connectivity index (χ0v) is 8.17. The van der Waals surface area contributed by atoms with E-state index in [2.05, 4.69) is 16.5 Å². The molecule has 0 aliphatic rings. The molecule has 2 aromatic rings. The fourth-order valence-corrected chi connectivity index (χ4v) is 1.44. The Morgan fingerprint density at radius 1 is 1.60 bits per heavy atom. The van der Waals surface area contributed by atoms with Crippen molar-refractivity contribution < 1.29 is 4.39 Å². The van der Waals surface area contributed by atoms with Crippen LogP contribution in [0.3, 0.4) is 0 Å². The normalized spacial score (nSPS) is 10.5. The summed E-state index contributed by atoms with van der Waals surface area (Å²) in [5, 5.41) is 0.246. The van der Waals surface area contributed by atoms with Crippen LogP contribution < -0.4 is 5.56 Å². The molecule has 2 rings (SSSR count). The Kier molecular flexibility index (Phi) is 2.11. The van der Waals surface area contributed by atoms with E-state index in [9.17, 15) is 9.18 Å². The number of fused-ring (bicyclic) bond motifs is 1. The molecule has 0 aliphatic heterocycles. The molecule has 0 aliphatic carbocycles. The fraction of sp³-hybridized carbons (Fsp3) is 0.0909. The average molecular weight is 204 g/mol. The van der Waals surface area contributed by atoms with Crippen LogP contribution in [0, 0.1) is 5.82 Å². The number of nitrogens with zero attached hydrogens (tertiary/aromatic N) is 1. The molecular formula is C11H9FN2O. The Hall–Kier alpha value is -1.97. The number of halogens is 1. The molecule has 15 heavy (non-hydrogen) atoms. The zero-order chi connectivity index (χ0) is 11.0. The van der Waals surface area contributed by atoms with Crippen LogP contribution in [-0.2, 0) is 0 Å². The van der Waals surface area contributed by atoms with Crippen LogP contribution >= 0.6 is 0 Å². The van der Waals surface area contributed by atoms with Gasteiger partial charge in [0.05, 0.1) is 17.1 Å². The SMILES string of the molecule is C=C(C)c1c[nH]c(=O)c2cc(F)cnc12. The molecule has 0 saturated heterocycles. The van der Waals surface area contributed by atoms with Crippen LogP contribution in [0.25, 0.3) is 16.5 Å². The molecular weight excluding hydrogens is 195 g/mol. The molecule has 0 fully saturated rings. The van der Waals surface area contributed by atoms with E-state index in [0.29, 0.717) is 5.52 Å². The van der Waals surface area contributed by atoms with Crippen molar-refractivity contribution in [1.29, 1.82) is 0 Å². The van der Waals surface area contributed by atoms with Crippen LogP contribution in [-0.4, -0.2) is 9.97 Å². The van der Waals surface area contributed by atoms with Gasteiger partial charge in [0, 0.05) is 11.8 Å². The van der Waals surface area contributed by atoms with Crippen molar-refractivity contribution in [2.75, 3.05) is 0 Å². The number of H-pyrrole nitrogens is 1. The highest BCUT2D eigenvalue weighted by Crippen LogP contribution is 2.18. The van der Waals surface area contributed by atoms with Gasteiger partial charge in [-0.3, -0.25) is 9.78 Å². The first-order valence-corrected chi connectivity index (χ1v) is 4.42. The van der Waals surface area contributed by atoms with E-state index in [1.54, 1.807) is 6.92 Å². The number of allylic oxidation sites excluding steroid dienone is 1. The van der Waals surface area contributed by atoms with E-state index in [1.165, 1.54) is 12.3 Å². The summed E-state index contributed by atoms with van der Waals surface area (Å²) in [5.41, 5.74) is 1.63. The molecule has 0 saturated carbocycles. The predicted molar refractivity (Wildman–Crippen MR) is 57.0 cm³/mol. The van der Waals surface area contributed by atoms with Crippen molar-refractivity contribution >= 4 is 16.5 Å². The van der Waals surface area contributed by atoms with Crippen molar-refractivity contribution in [3.05, 3.63) is 46.8 Å². The lowest BCUT2D eigenvalue weighted by Gasteiger charge is -2.03. The fourth-order valence-electron chi connectivity index (χ4n) is 1.44. The zero-order valence-electron chi connectivity index (χ0n) is 8.17. The third-order valence-corrected chi connectivity index (χ3v) is 2.16. The van der Waals surface area contributed by atoms with Gasteiger partial charge in [-0.15, -0.1) is 0 Å². The smallest absolute Gasteiger partial charge is 0.257 e. The monoisotopic (exact) mass is 204 g/mol. The number of aromatic amines is 1. The van der Waals surface area contributed by atoms with Crippen LogP contribution in [0.2, 0.25) is 0 Å². The topological polar surface area (TPSA) is 45.8 Å². The Balaban J connectivity index is 2.95. The Morgan fingerprint density at radius 3 is 3.00 bits per heavy atom. The lowest BCUT2D eigenvalue weighted by atomic mass is 10.1. The molecule has 3 nitrogen and oxygen atoms in total. The van der Waals surface area contributed by atoms with Crippen LogP contribution in [0.15, 0.2) is 29.8 Å². The third kappa shape index (κ3) is 1.54. The predicted octanol–water partition coefficient (Wildman–Crippen LogP) is 2.10. The highest BCUT2D eigenvalue weighted by atomic mass is 19.1. The van der Waals surface area contributed by atoms with Gasteiger partial charge in [-0.05, 0) is 18.6 Å². The summed E-state index contributed by atoms with van der Waals surface area (Å²) < 4.78 is 12.9. The Morgan fingerprint density at radius 2 is 2.33 bits per heavy atom. The molecule has 0 aromatic carbocycles. The molecule has 4 heteroatoms. The van der Waals surface area contributed by atoms with Crippen LogP contribution in [0.4, 0.5) is 4.39 Å². The second-order valence-corrected chi connectivity index (χ2v) is 3.36. The van der Waals surface area contributed by atoms with Gasteiger partial charge in [0.2, 0.25) is 0 Å². The van der Waals surface area contributed by atoms with Crippen LogP contribution in [0.5, 0.6) is 0 Å². The maximum atomic E-state index is 12.9. The molecule has 2 heterocycles. The summed E-state index contributed by atoms with van der Waals surface area (Å²) in [5.74, 6) is -0.521. The first-order valence-electron chi connectivity index (χ1n) is 4.42. The number of aromatic nitrogens is 2. The summed E-state index contributed by atoms with van der Waals surface area (Å²) >= 11 is 0. The molecule has 0 unspecified atom stereocenters. The van der Waals surface area contributed by atoms with E-state index in [0.717, 1.165) is 17.3 Å². The van der Waals surface area contributed by atoms with E-state index in [1.807, 2.05) is 0 Å². The Bertz CT molecular complexity index is 601. The average Bonchev–Trinajstić information content (AvgIpc) is 2.19. The Labute approximate surface area is 85.3 Å². The standard InChI is InChI=1S/C11H9FN2O/c1-6(2)9-5-14-11(15)8-3-7(12)4-13-10(8)9/h3-5H,1H2,2H3,(H,14,15). The highest BCUT2D eigenvalue weighted by molar-refractivity contribution is 5.88. The van der Waals surface area contributed by atoms with E-state index in [4.69, 9.17) is 0 Å². The van der Waals surface area contributed by atoms with E-state index in [-0.39, 0.29) is 10.9 Å². The number of pyridine rings is 2. The van der Waals surface area contributed by atoms with Crippen molar-refractivity contribution in [3.8, 4) is 0 Å². The summed E-state index contributed by atoms with van der Waals surface area (Å²) in [6.45, 7) is 5.58. The van der Waals surface area contributed by atoms with Crippen molar-refractivity contribution in [3.63, 3.8) is 0 Å². The van der Waals surface area contributed by atoms with Gasteiger partial charge in [0.15, 0.2) is 0 Å². The molecule has 76 valence electrons. The number of nitrogens with one attached hydrogen (secondary N) is 1. The third-order valence-electron chi connectivity index (χ3n) is 2.16. The molecule has 0 amide bonds. The van der Waals surface area contributed by atoms with Gasteiger partial charge in [-0.25, -0.2) is 4.39 Å². The maximum absolute atomic E-state index is 12.9. The summed E-state index contributed by atoms with van der Waals surface area (Å²) in [6.07, 6.45) is 2.63. The minimum Gasteiger partial charge on any atom is -0.328 e. The molecule has 1 N–H and O–H groups in total. The number of hydrogen-bond acceptors (Lipinski definition) is 2. The largest absolute Gasteiger partial charge is 0.328 e. The van der Waals surface area contributed by atoms with Gasteiger partial charge in [-0.2, -0.15) is 0 Å². The van der Waals surface area contributed by atoms with Crippen molar-refractivity contribution in [2.45, 2.75) is 6.92 Å².